The number of nitrogens with one attached hydrogen (secondary N) is 6. The summed E-state index contributed by atoms with van der Waals surface area (Å²) in [5, 5.41) is 24.1. The summed E-state index contributed by atoms with van der Waals surface area (Å²) >= 11 is 7.89. The molecule has 0 saturated heterocycles. The van der Waals surface area contributed by atoms with Gasteiger partial charge in [-0.1, -0.05) is 30.3 Å². The van der Waals surface area contributed by atoms with E-state index in [1.54, 1.807) is 30.3 Å². The van der Waals surface area contributed by atoms with E-state index in [0.29, 0.717) is 18.4 Å². The van der Waals surface area contributed by atoms with Crippen molar-refractivity contribution in [3.8, 4) is 0 Å². The van der Waals surface area contributed by atoms with Crippen LogP contribution in [0.25, 0.3) is 0 Å². The zero-order valence-electron chi connectivity index (χ0n) is 31.5. The molecule has 57 heavy (non-hydrogen) atoms. The van der Waals surface area contributed by atoms with Gasteiger partial charge in [0.25, 0.3) is 0 Å². The van der Waals surface area contributed by atoms with Crippen LogP contribution in [-0.2, 0) is 44.8 Å². The molecule has 0 aliphatic rings. The Hall–Kier alpha value is -5.13. The molecule has 23 heteroatoms. The molecule has 0 unspecified atom stereocenters. The Labute approximate surface area is 341 Å². The number of hydrogen-bond acceptors (Lipinski definition) is 13. The van der Waals surface area contributed by atoms with Crippen molar-refractivity contribution in [2.45, 2.75) is 87.6 Å². The van der Waals surface area contributed by atoms with Gasteiger partial charge in [-0.25, -0.2) is 4.79 Å². The van der Waals surface area contributed by atoms with E-state index >= 15 is 0 Å². The van der Waals surface area contributed by atoms with Gasteiger partial charge >= 0.3 is 5.97 Å². The Morgan fingerprint density at radius 1 is 0.667 bits per heavy atom. The third-order valence-electron chi connectivity index (χ3n) is 8.16. The van der Waals surface area contributed by atoms with Crippen molar-refractivity contribution in [1.29, 1.82) is 0 Å². The maximum Gasteiger partial charge on any atom is 0.327 e. The van der Waals surface area contributed by atoms with Gasteiger partial charge in [-0.2, -0.15) is 25.3 Å². The summed E-state index contributed by atoms with van der Waals surface area (Å²) in [6.45, 7) is -0.267. The molecular weight excluding hydrogens is 785 g/mol. The van der Waals surface area contributed by atoms with E-state index in [1.165, 1.54) is 0 Å². The van der Waals surface area contributed by atoms with E-state index in [-0.39, 0.29) is 69.1 Å². The summed E-state index contributed by atoms with van der Waals surface area (Å²) in [4.78, 5) is 106. The summed E-state index contributed by atoms with van der Waals surface area (Å²) in [6, 6.07) is 1.05. The molecule has 7 amide bonds. The fourth-order valence-electron chi connectivity index (χ4n) is 5.05. The van der Waals surface area contributed by atoms with Crippen molar-refractivity contribution in [3.05, 3.63) is 35.9 Å². The highest BCUT2D eigenvalue weighted by atomic mass is 32.1. The first-order valence-electron chi connectivity index (χ1n) is 18.1. The fraction of sp³-hybridized carbons (Fsp3) is 0.559. The second-order valence-electron chi connectivity index (χ2n) is 12.8. The average molecular weight is 841 g/mol. The fourth-order valence-corrected chi connectivity index (χ4v) is 5.46. The second kappa shape index (κ2) is 27.5. The molecule has 0 radical (unpaired) electrons. The topological polar surface area (TPSA) is 371 Å². The normalized spacial score (nSPS) is 13.9. The van der Waals surface area contributed by atoms with Crippen LogP contribution in [0.15, 0.2) is 35.3 Å². The largest absolute Gasteiger partial charge is 0.480 e. The van der Waals surface area contributed by atoms with Crippen molar-refractivity contribution in [2.75, 3.05) is 31.1 Å². The van der Waals surface area contributed by atoms with Crippen LogP contribution in [0.2, 0.25) is 0 Å². The van der Waals surface area contributed by atoms with E-state index in [2.05, 4.69) is 62.2 Å². The second-order valence-corrected chi connectivity index (χ2v) is 13.6. The Morgan fingerprint density at radius 2 is 1.21 bits per heavy atom. The van der Waals surface area contributed by atoms with E-state index in [4.69, 9.17) is 28.7 Å². The molecule has 0 spiro atoms. The van der Waals surface area contributed by atoms with Crippen molar-refractivity contribution in [2.24, 2.45) is 33.7 Å². The molecule has 0 bridgehead atoms. The van der Waals surface area contributed by atoms with Gasteiger partial charge in [-0.3, -0.25) is 38.6 Å². The number of carboxylic acids is 1. The lowest BCUT2D eigenvalue weighted by Gasteiger charge is -2.27. The van der Waals surface area contributed by atoms with Gasteiger partial charge in [0.05, 0.1) is 12.6 Å². The number of hydrogen-bond donors (Lipinski definition) is 14. The predicted octanol–water partition coefficient (Wildman–Crippen LogP) is -4.51. The maximum atomic E-state index is 14.0. The van der Waals surface area contributed by atoms with E-state index in [9.17, 15) is 43.5 Å². The lowest BCUT2D eigenvalue weighted by molar-refractivity contribution is -0.141. The lowest BCUT2D eigenvalue weighted by Crippen LogP contribution is -2.59. The van der Waals surface area contributed by atoms with Gasteiger partial charge in [0.2, 0.25) is 41.4 Å². The predicted molar refractivity (Wildman–Crippen MR) is 217 cm³/mol. The summed E-state index contributed by atoms with van der Waals surface area (Å²) < 4.78 is 0. The molecule has 0 aliphatic heterocycles. The van der Waals surface area contributed by atoms with Crippen LogP contribution >= 0.6 is 25.3 Å². The molecule has 0 aromatic heterocycles. The first-order valence-corrected chi connectivity index (χ1v) is 19.4. The number of guanidine groups is 1. The summed E-state index contributed by atoms with van der Waals surface area (Å²) in [7, 11) is 0. The lowest BCUT2D eigenvalue weighted by atomic mass is 10.0. The van der Waals surface area contributed by atoms with Crippen molar-refractivity contribution in [1.82, 2.24) is 31.9 Å². The monoisotopic (exact) mass is 840 g/mol. The number of aliphatic imine (C=N–C) groups is 1. The summed E-state index contributed by atoms with van der Waals surface area (Å²) in [5.41, 5.74) is 28.1. The Balaban J connectivity index is 3.40. The number of carbonyl (C=O) groups is 8. The molecule has 21 nitrogen and oxygen atoms in total. The number of carbonyl (C=O) groups excluding carboxylic acids is 7. The molecule has 0 aliphatic carbocycles. The minimum Gasteiger partial charge on any atom is -0.480 e. The Morgan fingerprint density at radius 3 is 1.75 bits per heavy atom. The summed E-state index contributed by atoms with van der Waals surface area (Å²) in [6.07, 6.45) is 0.547. The Kier molecular flexibility index (Phi) is 24.0. The van der Waals surface area contributed by atoms with Gasteiger partial charge in [0.15, 0.2) is 5.96 Å². The molecule has 1 rings (SSSR count). The quantitative estimate of drug-likeness (QED) is 0.0164. The van der Waals surface area contributed by atoms with Crippen molar-refractivity contribution in [3.63, 3.8) is 0 Å². The minimum absolute atomic E-state index is 0.0244. The number of amides is 7. The molecule has 318 valence electrons. The number of benzene rings is 1. The molecule has 0 fully saturated rings. The first kappa shape index (κ1) is 49.9. The number of aliphatic carboxylic acids is 1. The maximum absolute atomic E-state index is 14.0. The van der Waals surface area contributed by atoms with Gasteiger partial charge in [0.1, 0.15) is 30.2 Å². The third kappa shape index (κ3) is 20.6. The van der Waals surface area contributed by atoms with E-state index < -0.39 is 90.1 Å². The number of nitrogens with two attached hydrogens (primary N) is 5. The molecule has 1 aromatic rings. The molecule has 0 saturated carbocycles. The van der Waals surface area contributed by atoms with Crippen molar-refractivity contribution >= 4 is 78.5 Å². The van der Waals surface area contributed by atoms with Gasteiger partial charge < -0.3 is 65.7 Å². The van der Waals surface area contributed by atoms with Crippen LogP contribution in [-0.4, -0.2) is 126 Å². The zero-order chi connectivity index (χ0) is 42.9. The molecule has 6 atom stereocenters. The molecule has 1 aromatic carbocycles. The van der Waals surface area contributed by atoms with Crippen LogP contribution in [0.3, 0.4) is 0 Å². The van der Waals surface area contributed by atoms with Crippen LogP contribution in [0.5, 0.6) is 0 Å². The highest BCUT2D eigenvalue weighted by Crippen LogP contribution is 2.09. The van der Waals surface area contributed by atoms with Crippen molar-refractivity contribution < 1.29 is 43.5 Å². The average Bonchev–Trinajstić information content (AvgIpc) is 3.17. The highest BCUT2D eigenvalue weighted by molar-refractivity contribution is 7.80. The van der Waals surface area contributed by atoms with Gasteiger partial charge in [0, 0.05) is 30.9 Å². The smallest absolute Gasteiger partial charge is 0.327 e. The van der Waals surface area contributed by atoms with E-state index in [1.807, 2.05) is 0 Å². The molecule has 17 N–H and O–H groups in total. The number of carboxylic acid groups (broad SMARTS) is 1. The molecule has 0 heterocycles. The van der Waals surface area contributed by atoms with Gasteiger partial charge in [-0.15, -0.1) is 0 Å². The van der Waals surface area contributed by atoms with Crippen LogP contribution in [0.4, 0.5) is 0 Å². The van der Waals surface area contributed by atoms with Crippen LogP contribution < -0.4 is 60.6 Å². The minimum atomic E-state index is -1.33. The first-order chi connectivity index (χ1) is 27.0. The van der Waals surface area contributed by atoms with E-state index in [0.717, 1.165) is 0 Å². The number of unbranched alkanes of at least 4 members (excludes halogenated alkanes) is 1. The SMILES string of the molecule is NCCCC[C@H](NC(=O)[C@H](CCC(N)=O)NC(=O)[C@@H](N)CS)C(=O)N[C@@H](Cc1ccccc1)C(=O)N[C@@H](CCCN=C(N)N)C(=O)NCC(=O)N[C@@H](CS)C(=O)O. The van der Waals surface area contributed by atoms with Crippen LogP contribution in [0.1, 0.15) is 50.5 Å². The van der Waals surface area contributed by atoms with Gasteiger partial charge in [-0.05, 0) is 50.6 Å². The van der Waals surface area contributed by atoms with Crippen LogP contribution in [0, 0.1) is 0 Å². The number of rotatable bonds is 28. The zero-order valence-corrected chi connectivity index (χ0v) is 33.3. The highest BCUT2D eigenvalue weighted by Gasteiger charge is 2.32. The molecular formula is C34H56N12O9S2. The third-order valence-corrected chi connectivity index (χ3v) is 8.92. The number of primary amides is 1. The number of thiol groups is 2. The Bertz CT molecular complexity index is 1540. The number of nitrogens with zero attached hydrogens (tertiary/aromatic N) is 1. The summed E-state index contributed by atoms with van der Waals surface area (Å²) in [5.74, 6) is -7.28. The standard InChI is InChI=1S/C34H56N12O9S2/c35-13-5-4-9-22(45-31(52)23(11-12-26(37)47)43-28(49)20(36)17-56)30(51)46-24(15-19-7-2-1-3-8-19)32(53)44-21(10-6-14-40-34(38)39)29(50)41-16-27(48)42-25(18-57)33(54)55/h1-3,7-8,20-25,56-57H,4-6,9-18,35-36H2,(H2,37,47)(H,41,50)(H,42,48)(H,43,49)(H,44,53)(H,45,52)(H,46,51)(H,54,55)(H4,38,39,40)/t20-,21-,22-,23-,24-,25-/m0/s1.